The lowest BCUT2D eigenvalue weighted by Gasteiger charge is -2.18. The molecule has 5 nitrogen and oxygen atoms in total. The van der Waals surface area contributed by atoms with E-state index in [1.165, 1.54) is 18.2 Å². The van der Waals surface area contributed by atoms with Crippen LogP contribution in [0, 0.1) is 11.6 Å². The highest BCUT2D eigenvalue weighted by Gasteiger charge is 2.34. The summed E-state index contributed by atoms with van der Waals surface area (Å²) in [4.78, 5) is 10.3. The normalized spacial score (nSPS) is 14.2. The van der Waals surface area contributed by atoms with Crippen molar-refractivity contribution in [2.75, 3.05) is 52.6 Å². The molecule has 0 amide bonds. The highest BCUT2D eigenvalue weighted by atomic mass is 32.2. The van der Waals surface area contributed by atoms with Crippen LogP contribution in [-0.4, -0.2) is 72.0 Å². The van der Waals surface area contributed by atoms with Crippen LogP contribution in [0.5, 0.6) is 5.75 Å². The minimum atomic E-state index is -4.78. The van der Waals surface area contributed by atoms with Crippen molar-refractivity contribution in [2.24, 2.45) is 0 Å². The number of halogens is 5. The predicted octanol–water partition coefficient (Wildman–Crippen LogP) is 8.52. The van der Waals surface area contributed by atoms with Crippen LogP contribution in [0.2, 0.25) is 0 Å². The highest BCUT2D eigenvalue weighted by molar-refractivity contribution is 7.99. The third-order valence-electron chi connectivity index (χ3n) is 8.21. The van der Waals surface area contributed by atoms with Crippen LogP contribution >= 0.6 is 11.8 Å². The standard InChI is InChI=1S/C35H41F5N4OS/c1-4-5-14-44-30-22-26(36)23-32(46-18-16-42(2)3)33(30)41-34(44)27-10-8-25(21-31(27)45-17-15-43-12-6-7-13-43)19-24-9-11-29(37)28(20-24)35(38,39)40/h8-11,20-23H,4-7,12-19H2,1-3H3. The second kappa shape index (κ2) is 15.2. The Morgan fingerprint density at radius 1 is 0.957 bits per heavy atom. The summed E-state index contributed by atoms with van der Waals surface area (Å²) in [6, 6.07) is 11.7. The molecule has 248 valence electrons. The lowest BCUT2D eigenvalue weighted by molar-refractivity contribution is -0.140. The fourth-order valence-corrected chi connectivity index (χ4v) is 6.92. The summed E-state index contributed by atoms with van der Waals surface area (Å²) in [6.07, 6.45) is -0.497. The van der Waals surface area contributed by atoms with Gasteiger partial charge in [-0.1, -0.05) is 25.5 Å². The van der Waals surface area contributed by atoms with E-state index in [1.807, 2.05) is 32.3 Å². The number of likely N-dealkylation sites (tertiary alicyclic amines) is 1. The third kappa shape index (κ3) is 8.41. The first-order chi connectivity index (χ1) is 22.0. The largest absolute Gasteiger partial charge is 0.491 e. The van der Waals surface area contributed by atoms with Gasteiger partial charge in [0.05, 0.1) is 16.6 Å². The van der Waals surface area contributed by atoms with Crippen LogP contribution in [0.1, 0.15) is 49.3 Å². The molecule has 1 saturated heterocycles. The van der Waals surface area contributed by atoms with E-state index in [0.29, 0.717) is 35.8 Å². The van der Waals surface area contributed by atoms with Crippen molar-refractivity contribution < 1.29 is 26.7 Å². The minimum absolute atomic E-state index is 0.163. The number of rotatable bonds is 14. The number of fused-ring (bicyclic) bond motifs is 1. The molecule has 5 rings (SSSR count). The molecule has 0 spiro atoms. The summed E-state index contributed by atoms with van der Waals surface area (Å²) in [5.74, 6) is 0.387. The van der Waals surface area contributed by atoms with Crippen molar-refractivity contribution in [3.8, 4) is 17.1 Å². The maximum Gasteiger partial charge on any atom is 0.419 e. The van der Waals surface area contributed by atoms with Crippen molar-refractivity contribution in [2.45, 2.75) is 56.6 Å². The van der Waals surface area contributed by atoms with E-state index in [9.17, 15) is 22.0 Å². The van der Waals surface area contributed by atoms with Crippen LogP contribution in [0.25, 0.3) is 22.4 Å². The number of thioether (sulfide) groups is 1. The fraction of sp³-hybridized carbons (Fsp3) is 0.457. The van der Waals surface area contributed by atoms with E-state index in [4.69, 9.17) is 9.72 Å². The Balaban J connectivity index is 1.55. The fourth-order valence-electron chi connectivity index (χ4n) is 5.76. The summed E-state index contributed by atoms with van der Waals surface area (Å²) in [5.41, 5.74) is 1.97. The lowest BCUT2D eigenvalue weighted by atomic mass is 10.0. The Morgan fingerprint density at radius 2 is 1.70 bits per heavy atom. The molecule has 0 N–H and O–H groups in total. The van der Waals surface area contributed by atoms with Crippen molar-refractivity contribution >= 4 is 22.8 Å². The Hall–Kier alpha value is -3.15. The smallest absolute Gasteiger partial charge is 0.419 e. The Bertz CT molecular complexity index is 1630. The molecule has 0 radical (unpaired) electrons. The van der Waals surface area contributed by atoms with Gasteiger partial charge in [-0.15, -0.1) is 11.8 Å². The lowest BCUT2D eigenvalue weighted by Crippen LogP contribution is -2.25. The summed E-state index contributed by atoms with van der Waals surface area (Å²) in [7, 11) is 4.00. The molecular weight excluding hydrogens is 619 g/mol. The average Bonchev–Trinajstić information content (AvgIpc) is 3.64. The third-order valence-corrected chi connectivity index (χ3v) is 9.22. The quantitative estimate of drug-likeness (QED) is 0.100. The molecule has 4 aromatic rings. The van der Waals surface area contributed by atoms with Gasteiger partial charge in [0.1, 0.15) is 35.3 Å². The Morgan fingerprint density at radius 3 is 2.41 bits per heavy atom. The molecule has 1 aromatic heterocycles. The number of imidazole rings is 1. The summed E-state index contributed by atoms with van der Waals surface area (Å²) in [5, 5.41) is 0. The van der Waals surface area contributed by atoms with E-state index in [-0.39, 0.29) is 12.2 Å². The molecule has 0 bridgehead atoms. The summed E-state index contributed by atoms with van der Waals surface area (Å²) in [6.45, 7) is 6.80. The van der Waals surface area contributed by atoms with Crippen molar-refractivity contribution in [3.05, 3.63) is 76.9 Å². The van der Waals surface area contributed by atoms with Crippen LogP contribution in [0.4, 0.5) is 22.0 Å². The van der Waals surface area contributed by atoms with Crippen LogP contribution < -0.4 is 4.74 Å². The number of unbranched alkanes of at least 4 members (excludes halogenated alkanes) is 1. The second-order valence-corrected chi connectivity index (χ2v) is 13.2. The molecule has 1 fully saturated rings. The van der Waals surface area contributed by atoms with Crippen molar-refractivity contribution in [1.82, 2.24) is 19.4 Å². The number of alkyl halides is 3. The van der Waals surface area contributed by atoms with Gasteiger partial charge in [-0.25, -0.2) is 13.8 Å². The van der Waals surface area contributed by atoms with Crippen LogP contribution in [-0.2, 0) is 19.1 Å². The van der Waals surface area contributed by atoms with E-state index >= 15 is 0 Å². The maximum absolute atomic E-state index is 15.0. The first-order valence-corrected chi connectivity index (χ1v) is 16.8. The maximum atomic E-state index is 15.0. The number of hydrogen-bond acceptors (Lipinski definition) is 5. The highest BCUT2D eigenvalue weighted by Crippen LogP contribution is 2.38. The van der Waals surface area contributed by atoms with Gasteiger partial charge in [-0.3, -0.25) is 4.90 Å². The molecule has 2 heterocycles. The van der Waals surface area contributed by atoms with E-state index in [2.05, 4.69) is 21.3 Å². The van der Waals surface area contributed by atoms with Gasteiger partial charge >= 0.3 is 6.18 Å². The molecule has 0 unspecified atom stereocenters. The summed E-state index contributed by atoms with van der Waals surface area (Å²) >= 11 is 1.57. The zero-order valence-corrected chi connectivity index (χ0v) is 27.4. The zero-order chi connectivity index (χ0) is 32.8. The van der Waals surface area contributed by atoms with Crippen LogP contribution in [0.15, 0.2) is 53.4 Å². The molecule has 11 heteroatoms. The van der Waals surface area contributed by atoms with E-state index in [1.54, 1.807) is 11.8 Å². The molecular formula is C35H41F5N4OS. The number of ether oxygens (including phenoxy) is 1. The van der Waals surface area contributed by atoms with Gasteiger partial charge in [0, 0.05) is 30.3 Å². The minimum Gasteiger partial charge on any atom is -0.491 e. The van der Waals surface area contributed by atoms with Gasteiger partial charge in [-0.05, 0) is 100 Å². The van der Waals surface area contributed by atoms with E-state index < -0.39 is 17.6 Å². The average molecular weight is 661 g/mol. The molecule has 0 atom stereocenters. The Labute approximate surface area is 271 Å². The SMILES string of the molecule is CCCCn1c(-c2ccc(Cc3ccc(F)c(C(F)(F)F)c3)cc2OCCN2CCCC2)nc2c(SCCN(C)C)cc(F)cc21. The van der Waals surface area contributed by atoms with E-state index in [0.717, 1.165) is 91.3 Å². The van der Waals surface area contributed by atoms with Gasteiger partial charge in [0.2, 0.25) is 0 Å². The number of nitrogens with zero attached hydrogens (tertiary/aromatic N) is 4. The molecule has 1 aliphatic heterocycles. The van der Waals surface area contributed by atoms with Gasteiger partial charge in [0.25, 0.3) is 0 Å². The number of aryl methyl sites for hydroxylation is 1. The second-order valence-electron chi connectivity index (χ2n) is 12.1. The number of aromatic nitrogens is 2. The van der Waals surface area contributed by atoms with Crippen molar-refractivity contribution in [3.63, 3.8) is 0 Å². The first kappa shape index (κ1) is 34.2. The first-order valence-electron chi connectivity index (χ1n) is 15.8. The van der Waals surface area contributed by atoms with Crippen LogP contribution in [0.3, 0.4) is 0 Å². The Kier molecular flexibility index (Phi) is 11.3. The van der Waals surface area contributed by atoms with Gasteiger partial charge < -0.3 is 14.2 Å². The van der Waals surface area contributed by atoms with Crippen molar-refractivity contribution in [1.29, 1.82) is 0 Å². The topological polar surface area (TPSA) is 33.5 Å². The number of benzene rings is 3. The summed E-state index contributed by atoms with van der Waals surface area (Å²) < 4.78 is 77.7. The van der Waals surface area contributed by atoms with Gasteiger partial charge in [-0.2, -0.15) is 13.2 Å². The molecule has 0 aliphatic carbocycles. The monoisotopic (exact) mass is 660 g/mol. The zero-order valence-electron chi connectivity index (χ0n) is 26.6. The molecule has 1 aliphatic rings. The van der Waals surface area contributed by atoms with Gasteiger partial charge in [0.15, 0.2) is 0 Å². The predicted molar refractivity (Wildman–Crippen MR) is 175 cm³/mol. The molecule has 0 saturated carbocycles. The number of hydrogen-bond donors (Lipinski definition) is 0. The molecule has 3 aromatic carbocycles. The molecule has 46 heavy (non-hydrogen) atoms.